The van der Waals surface area contributed by atoms with Crippen molar-refractivity contribution in [1.29, 1.82) is 0 Å². The molecule has 4 nitrogen and oxygen atoms in total. The van der Waals surface area contributed by atoms with Crippen LogP contribution in [0.4, 0.5) is 4.39 Å². The molecule has 0 unspecified atom stereocenters. The number of rotatable bonds is 7. The second-order valence-electron chi connectivity index (χ2n) is 6.30. The van der Waals surface area contributed by atoms with Crippen LogP contribution in [0.2, 0.25) is 0 Å². The Kier molecular flexibility index (Phi) is 5.22. The lowest BCUT2D eigenvalue weighted by Crippen LogP contribution is -2.31. The highest BCUT2D eigenvalue weighted by Gasteiger charge is 2.33. The monoisotopic (exact) mass is 343 g/mol. The number of carbonyl (C=O) groups excluding carboxylic acids is 1. The van der Waals surface area contributed by atoms with E-state index in [2.05, 4.69) is 5.32 Å². The zero-order chi connectivity index (χ0) is 17.8. The van der Waals surface area contributed by atoms with Gasteiger partial charge in [-0.25, -0.2) is 4.39 Å². The third kappa shape index (κ3) is 4.29. The highest BCUT2D eigenvalue weighted by atomic mass is 19.1. The maximum atomic E-state index is 13.8. The Morgan fingerprint density at radius 3 is 2.44 bits per heavy atom. The fourth-order valence-electron chi connectivity index (χ4n) is 2.94. The van der Waals surface area contributed by atoms with Crippen LogP contribution in [-0.4, -0.2) is 20.1 Å². The molecule has 0 bridgehead atoms. The molecule has 1 amide bonds. The van der Waals surface area contributed by atoms with E-state index in [1.807, 2.05) is 24.3 Å². The fraction of sp³-hybridized carbons (Fsp3) is 0.350. The van der Waals surface area contributed by atoms with E-state index in [-0.39, 0.29) is 24.1 Å². The van der Waals surface area contributed by atoms with Gasteiger partial charge in [-0.05, 0) is 54.2 Å². The summed E-state index contributed by atoms with van der Waals surface area (Å²) in [5.74, 6) is 0.862. The molecular formula is C20H22FNO3. The average molecular weight is 343 g/mol. The Labute approximate surface area is 147 Å². The Bertz CT molecular complexity index is 741. The minimum Gasteiger partial charge on any atom is -0.497 e. The molecule has 3 rings (SSSR count). The van der Waals surface area contributed by atoms with Crippen LogP contribution in [0.25, 0.3) is 0 Å². The van der Waals surface area contributed by atoms with Crippen molar-refractivity contribution in [3.05, 3.63) is 59.4 Å². The Morgan fingerprint density at radius 2 is 1.88 bits per heavy atom. The zero-order valence-corrected chi connectivity index (χ0v) is 14.4. The van der Waals surface area contributed by atoms with Gasteiger partial charge >= 0.3 is 0 Å². The van der Waals surface area contributed by atoms with Gasteiger partial charge in [0.15, 0.2) is 11.6 Å². The third-order valence-electron chi connectivity index (χ3n) is 4.47. The minimum atomic E-state index is -0.457. The van der Waals surface area contributed by atoms with Crippen LogP contribution in [0.1, 0.15) is 30.0 Å². The van der Waals surface area contributed by atoms with Crippen molar-refractivity contribution in [3.8, 4) is 11.5 Å². The first kappa shape index (κ1) is 17.3. The molecule has 2 aromatic carbocycles. The van der Waals surface area contributed by atoms with Crippen molar-refractivity contribution in [3.63, 3.8) is 0 Å². The van der Waals surface area contributed by atoms with Crippen molar-refractivity contribution in [2.24, 2.45) is 5.92 Å². The predicted molar refractivity (Wildman–Crippen MR) is 93.3 cm³/mol. The Hall–Kier alpha value is -2.56. The summed E-state index contributed by atoms with van der Waals surface area (Å²) in [5.41, 5.74) is 1.69. The zero-order valence-electron chi connectivity index (χ0n) is 14.4. The van der Waals surface area contributed by atoms with Crippen LogP contribution in [0.3, 0.4) is 0 Å². The summed E-state index contributed by atoms with van der Waals surface area (Å²) < 4.78 is 23.9. The van der Waals surface area contributed by atoms with E-state index in [9.17, 15) is 9.18 Å². The second kappa shape index (κ2) is 7.55. The fourth-order valence-corrected chi connectivity index (χ4v) is 2.94. The summed E-state index contributed by atoms with van der Waals surface area (Å²) in [4.78, 5) is 12.4. The normalized spacial score (nSPS) is 14.7. The predicted octanol–water partition coefficient (Wildman–Crippen LogP) is 3.65. The molecule has 0 spiro atoms. The van der Waals surface area contributed by atoms with Crippen LogP contribution >= 0.6 is 0 Å². The van der Waals surface area contributed by atoms with E-state index in [1.54, 1.807) is 19.2 Å². The summed E-state index contributed by atoms with van der Waals surface area (Å²) in [6.07, 6.45) is 2.35. The average Bonchev–Trinajstić information content (AvgIpc) is 3.45. The largest absolute Gasteiger partial charge is 0.497 e. The van der Waals surface area contributed by atoms with Crippen LogP contribution in [0.5, 0.6) is 11.5 Å². The van der Waals surface area contributed by atoms with Crippen LogP contribution in [-0.2, 0) is 11.2 Å². The lowest BCUT2D eigenvalue weighted by atomic mass is 10.0. The van der Waals surface area contributed by atoms with Gasteiger partial charge < -0.3 is 14.8 Å². The van der Waals surface area contributed by atoms with Crippen LogP contribution in [0.15, 0.2) is 42.5 Å². The summed E-state index contributed by atoms with van der Waals surface area (Å²) in [7, 11) is 3.04. The molecule has 1 aliphatic carbocycles. The number of halogens is 1. The molecular weight excluding hydrogens is 321 g/mol. The lowest BCUT2D eigenvalue weighted by molar-refractivity contribution is -0.121. The van der Waals surface area contributed by atoms with Crippen molar-refractivity contribution < 1.29 is 18.7 Å². The molecule has 2 aromatic rings. The van der Waals surface area contributed by atoms with E-state index in [1.165, 1.54) is 13.2 Å². The molecule has 132 valence electrons. The number of hydrogen-bond acceptors (Lipinski definition) is 3. The first-order chi connectivity index (χ1) is 12.1. The topological polar surface area (TPSA) is 47.6 Å². The molecule has 5 heteroatoms. The molecule has 1 N–H and O–H groups in total. The van der Waals surface area contributed by atoms with Crippen LogP contribution < -0.4 is 14.8 Å². The maximum Gasteiger partial charge on any atom is 0.224 e. The molecule has 25 heavy (non-hydrogen) atoms. The molecule has 0 aliphatic heterocycles. The number of carbonyl (C=O) groups is 1. The number of hydrogen-bond donors (Lipinski definition) is 1. The first-order valence-electron chi connectivity index (χ1n) is 8.36. The lowest BCUT2D eigenvalue weighted by Gasteiger charge is -2.19. The van der Waals surface area contributed by atoms with Gasteiger partial charge in [-0.3, -0.25) is 4.79 Å². The number of benzene rings is 2. The SMILES string of the molecule is COc1ccc([C@@H](NC(=O)Cc2ccc(OC)c(F)c2)C2CC2)cc1. The number of methoxy groups -OCH3 is 2. The van der Waals surface area contributed by atoms with Crippen molar-refractivity contribution in [2.45, 2.75) is 25.3 Å². The molecule has 1 atom stereocenters. The van der Waals surface area contributed by atoms with Gasteiger partial charge in [0.2, 0.25) is 5.91 Å². The second-order valence-corrected chi connectivity index (χ2v) is 6.30. The standard InChI is InChI=1S/C20H22FNO3/c1-24-16-8-6-15(7-9-16)20(14-4-5-14)22-19(23)12-13-3-10-18(25-2)17(21)11-13/h3,6-11,14,20H,4-5,12H2,1-2H3,(H,22,23)/t20-/m0/s1. The van der Waals surface area contributed by atoms with E-state index in [0.29, 0.717) is 11.5 Å². The smallest absolute Gasteiger partial charge is 0.224 e. The third-order valence-corrected chi connectivity index (χ3v) is 4.47. The summed E-state index contributed by atoms with van der Waals surface area (Å²) in [6, 6.07) is 12.3. The van der Waals surface area contributed by atoms with E-state index in [4.69, 9.17) is 9.47 Å². The van der Waals surface area contributed by atoms with Crippen LogP contribution in [0, 0.1) is 11.7 Å². The Morgan fingerprint density at radius 1 is 1.16 bits per heavy atom. The molecule has 0 aromatic heterocycles. The van der Waals surface area contributed by atoms with Gasteiger partial charge in [0.25, 0.3) is 0 Å². The van der Waals surface area contributed by atoms with Gasteiger partial charge in [-0.15, -0.1) is 0 Å². The Balaban J connectivity index is 1.67. The maximum absolute atomic E-state index is 13.8. The van der Waals surface area contributed by atoms with Crippen molar-refractivity contribution >= 4 is 5.91 Å². The number of amides is 1. The van der Waals surface area contributed by atoms with E-state index >= 15 is 0 Å². The molecule has 1 fully saturated rings. The van der Waals surface area contributed by atoms with Gasteiger partial charge in [0.1, 0.15) is 5.75 Å². The summed E-state index contributed by atoms with van der Waals surface area (Å²) in [5, 5.41) is 3.10. The van der Waals surface area contributed by atoms with Gasteiger partial charge in [-0.1, -0.05) is 18.2 Å². The van der Waals surface area contributed by atoms with Crippen molar-refractivity contribution in [1.82, 2.24) is 5.32 Å². The van der Waals surface area contributed by atoms with E-state index < -0.39 is 5.82 Å². The van der Waals surface area contributed by atoms with Gasteiger partial charge in [0.05, 0.1) is 26.7 Å². The highest BCUT2D eigenvalue weighted by molar-refractivity contribution is 5.79. The molecule has 1 aliphatic rings. The van der Waals surface area contributed by atoms with Gasteiger partial charge in [0, 0.05) is 0 Å². The highest BCUT2D eigenvalue weighted by Crippen LogP contribution is 2.41. The molecule has 0 saturated heterocycles. The quantitative estimate of drug-likeness (QED) is 0.835. The molecule has 0 heterocycles. The molecule has 0 radical (unpaired) electrons. The van der Waals surface area contributed by atoms with Crippen molar-refractivity contribution in [2.75, 3.05) is 14.2 Å². The molecule has 1 saturated carbocycles. The summed E-state index contributed by atoms with van der Waals surface area (Å²) in [6.45, 7) is 0. The first-order valence-corrected chi connectivity index (χ1v) is 8.36. The van der Waals surface area contributed by atoms with E-state index in [0.717, 1.165) is 24.2 Å². The van der Waals surface area contributed by atoms with Gasteiger partial charge in [-0.2, -0.15) is 0 Å². The number of ether oxygens (including phenoxy) is 2. The summed E-state index contributed by atoms with van der Waals surface area (Å²) >= 11 is 0. The minimum absolute atomic E-state index is 0.0125. The number of nitrogens with one attached hydrogen (secondary N) is 1.